The number of carbonyl (C=O) groups excluding carboxylic acids is 2. The average molecular weight is 430 g/mol. The maximum absolute atomic E-state index is 13.1. The third-order valence-electron chi connectivity index (χ3n) is 6.08. The van der Waals surface area contributed by atoms with Crippen molar-refractivity contribution >= 4 is 23.4 Å². The van der Waals surface area contributed by atoms with E-state index in [9.17, 15) is 9.59 Å². The van der Waals surface area contributed by atoms with Crippen molar-refractivity contribution in [2.75, 3.05) is 26.2 Å². The van der Waals surface area contributed by atoms with Gasteiger partial charge in [-0.15, -0.1) is 0 Å². The molecule has 2 saturated heterocycles. The molecule has 3 heterocycles. The van der Waals surface area contributed by atoms with Gasteiger partial charge >= 0.3 is 0 Å². The van der Waals surface area contributed by atoms with Crippen molar-refractivity contribution in [3.05, 3.63) is 59.0 Å². The Morgan fingerprint density at radius 2 is 1.90 bits per heavy atom. The fourth-order valence-corrected chi connectivity index (χ4v) is 4.73. The van der Waals surface area contributed by atoms with Crippen LogP contribution in [-0.2, 0) is 4.79 Å². The highest BCUT2D eigenvalue weighted by Gasteiger charge is 2.34. The highest BCUT2D eigenvalue weighted by atomic mass is 35.5. The van der Waals surface area contributed by atoms with Crippen LogP contribution in [0.15, 0.2) is 47.1 Å². The number of benzene rings is 1. The molecule has 1 aromatic heterocycles. The normalized spacial score (nSPS) is 20.8. The van der Waals surface area contributed by atoms with Gasteiger partial charge in [-0.05, 0) is 75.0 Å². The molecule has 2 atom stereocenters. The van der Waals surface area contributed by atoms with Crippen LogP contribution in [0.2, 0.25) is 5.02 Å². The topological polar surface area (TPSA) is 65.8 Å². The molecule has 2 aliphatic rings. The van der Waals surface area contributed by atoms with Crippen LogP contribution in [-0.4, -0.2) is 53.8 Å². The first-order chi connectivity index (χ1) is 14.6. The van der Waals surface area contributed by atoms with Crippen molar-refractivity contribution in [3.8, 4) is 0 Å². The first-order valence-electron chi connectivity index (χ1n) is 10.7. The fraction of sp³-hybridized carbons (Fsp3) is 0.478. The minimum atomic E-state index is -0.463. The van der Waals surface area contributed by atoms with E-state index in [0.717, 1.165) is 31.5 Å². The smallest absolute Gasteiger partial charge is 0.290 e. The molecule has 0 radical (unpaired) electrons. The summed E-state index contributed by atoms with van der Waals surface area (Å²) < 4.78 is 5.27. The molecule has 7 heteroatoms. The Hall–Kier alpha value is -2.31. The van der Waals surface area contributed by atoms with E-state index in [1.807, 2.05) is 18.2 Å². The summed E-state index contributed by atoms with van der Waals surface area (Å²) in [6.45, 7) is 3.10. The number of hydrogen-bond acceptors (Lipinski definition) is 4. The first kappa shape index (κ1) is 20.9. The number of nitrogens with one attached hydrogen (secondary N) is 1. The lowest BCUT2D eigenvalue weighted by Crippen LogP contribution is -2.52. The second kappa shape index (κ2) is 9.67. The molecule has 2 fully saturated rings. The standard InChI is InChI=1S/C23H28ClN3O3/c24-18-8-5-7-17(15-18)20(26-11-3-4-12-26)16-25-22(28)19-9-1-2-13-27(19)23(29)21-10-6-14-30-21/h5-8,10,14-15,19-20H,1-4,9,11-13,16H2,(H,25,28). The molecule has 2 aromatic rings. The average Bonchev–Trinajstić information content (AvgIpc) is 3.48. The number of furan rings is 1. The van der Waals surface area contributed by atoms with Gasteiger partial charge in [-0.3, -0.25) is 14.5 Å². The van der Waals surface area contributed by atoms with Gasteiger partial charge < -0.3 is 14.6 Å². The van der Waals surface area contributed by atoms with Crippen LogP contribution in [0.4, 0.5) is 0 Å². The van der Waals surface area contributed by atoms with Gasteiger partial charge in [0.2, 0.25) is 5.91 Å². The number of piperidine rings is 1. The summed E-state index contributed by atoms with van der Waals surface area (Å²) in [5.74, 6) is -0.0322. The van der Waals surface area contributed by atoms with E-state index < -0.39 is 6.04 Å². The van der Waals surface area contributed by atoms with Gasteiger partial charge in [0.25, 0.3) is 5.91 Å². The molecule has 160 valence electrons. The Bertz CT molecular complexity index is 864. The molecule has 0 spiro atoms. The van der Waals surface area contributed by atoms with Crippen molar-refractivity contribution in [2.24, 2.45) is 0 Å². The van der Waals surface area contributed by atoms with Crippen molar-refractivity contribution in [1.29, 1.82) is 0 Å². The largest absolute Gasteiger partial charge is 0.459 e. The maximum Gasteiger partial charge on any atom is 0.290 e. The molecule has 0 bridgehead atoms. The van der Waals surface area contributed by atoms with Gasteiger partial charge in [-0.1, -0.05) is 23.7 Å². The molecule has 1 N–H and O–H groups in total. The zero-order valence-electron chi connectivity index (χ0n) is 17.1. The molecular weight excluding hydrogens is 402 g/mol. The van der Waals surface area contributed by atoms with Gasteiger partial charge in [-0.2, -0.15) is 0 Å². The summed E-state index contributed by atoms with van der Waals surface area (Å²) in [4.78, 5) is 30.0. The second-order valence-corrected chi connectivity index (χ2v) is 8.48. The van der Waals surface area contributed by atoms with E-state index in [0.29, 0.717) is 24.5 Å². The van der Waals surface area contributed by atoms with Crippen LogP contribution >= 0.6 is 11.6 Å². The van der Waals surface area contributed by atoms with E-state index in [-0.39, 0.29) is 23.6 Å². The first-order valence-corrected chi connectivity index (χ1v) is 11.1. The lowest BCUT2D eigenvalue weighted by molar-refractivity contribution is -0.126. The predicted octanol–water partition coefficient (Wildman–Crippen LogP) is 3.88. The van der Waals surface area contributed by atoms with Gasteiger partial charge in [0.1, 0.15) is 6.04 Å². The molecule has 0 aliphatic carbocycles. The van der Waals surface area contributed by atoms with E-state index in [1.165, 1.54) is 19.1 Å². The van der Waals surface area contributed by atoms with Gasteiger partial charge in [0, 0.05) is 18.1 Å². The Labute approximate surface area is 182 Å². The molecule has 6 nitrogen and oxygen atoms in total. The van der Waals surface area contributed by atoms with E-state index >= 15 is 0 Å². The van der Waals surface area contributed by atoms with Crippen LogP contribution in [0.1, 0.15) is 54.3 Å². The van der Waals surface area contributed by atoms with E-state index in [2.05, 4.69) is 16.3 Å². The third kappa shape index (κ3) is 4.71. The minimum absolute atomic E-state index is 0.0768. The van der Waals surface area contributed by atoms with Gasteiger partial charge in [-0.25, -0.2) is 0 Å². The van der Waals surface area contributed by atoms with Gasteiger partial charge in [0.15, 0.2) is 5.76 Å². The molecule has 0 saturated carbocycles. The Balaban J connectivity index is 1.46. The summed E-state index contributed by atoms with van der Waals surface area (Å²) in [6.07, 6.45) is 6.32. The number of rotatable bonds is 6. The second-order valence-electron chi connectivity index (χ2n) is 8.05. The predicted molar refractivity (Wildman–Crippen MR) is 115 cm³/mol. The molecule has 4 rings (SSSR count). The lowest BCUT2D eigenvalue weighted by Gasteiger charge is -2.35. The summed E-state index contributed by atoms with van der Waals surface area (Å²) in [5.41, 5.74) is 1.11. The molecule has 30 heavy (non-hydrogen) atoms. The summed E-state index contributed by atoms with van der Waals surface area (Å²) in [6, 6.07) is 10.8. The number of likely N-dealkylation sites (tertiary alicyclic amines) is 2. The van der Waals surface area contributed by atoms with Crippen molar-refractivity contribution in [2.45, 2.75) is 44.2 Å². The number of hydrogen-bond donors (Lipinski definition) is 1. The Kier molecular flexibility index (Phi) is 6.75. The molecule has 2 aliphatic heterocycles. The molecule has 2 amide bonds. The third-order valence-corrected chi connectivity index (χ3v) is 6.32. The van der Waals surface area contributed by atoms with Crippen molar-refractivity contribution < 1.29 is 14.0 Å². The van der Waals surface area contributed by atoms with E-state index in [4.69, 9.17) is 16.0 Å². The number of halogens is 1. The SMILES string of the molecule is O=C(NCC(c1cccc(Cl)c1)N1CCCC1)C1CCCCN1C(=O)c1ccco1. The highest BCUT2D eigenvalue weighted by Crippen LogP contribution is 2.27. The van der Waals surface area contributed by atoms with Crippen LogP contribution in [0.5, 0.6) is 0 Å². The Morgan fingerprint density at radius 3 is 2.63 bits per heavy atom. The lowest BCUT2D eigenvalue weighted by atomic mass is 10.00. The van der Waals surface area contributed by atoms with Crippen LogP contribution in [0.3, 0.4) is 0 Å². The summed E-state index contributed by atoms with van der Waals surface area (Å²) >= 11 is 6.22. The van der Waals surface area contributed by atoms with Gasteiger partial charge in [0.05, 0.1) is 12.3 Å². The van der Waals surface area contributed by atoms with Crippen LogP contribution in [0, 0.1) is 0 Å². The zero-order valence-corrected chi connectivity index (χ0v) is 17.8. The summed E-state index contributed by atoms with van der Waals surface area (Å²) in [5, 5.41) is 3.83. The molecular formula is C23H28ClN3O3. The highest BCUT2D eigenvalue weighted by molar-refractivity contribution is 6.30. The van der Waals surface area contributed by atoms with Crippen LogP contribution < -0.4 is 5.32 Å². The Morgan fingerprint density at radius 1 is 1.10 bits per heavy atom. The van der Waals surface area contributed by atoms with Crippen molar-refractivity contribution in [3.63, 3.8) is 0 Å². The van der Waals surface area contributed by atoms with Crippen LogP contribution in [0.25, 0.3) is 0 Å². The molecule has 2 unspecified atom stereocenters. The zero-order chi connectivity index (χ0) is 20.9. The van der Waals surface area contributed by atoms with E-state index in [1.54, 1.807) is 17.0 Å². The minimum Gasteiger partial charge on any atom is -0.459 e. The summed E-state index contributed by atoms with van der Waals surface area (Å²) in [7, 11) is 0. The number of nitrogens with zero attached hydrogens (tertiary/aromatic N) is 2. The number of carbonyl (C=O) groups is 2. The number of amides is 2. The van der Waals surface area contributed by atoms with Crippen molar-refractivity contribution in [1.82, 2.24) is 15.1 Å². The molecule has 1 aromatic carbocycles. The maximum atomic E-state index is 13.1. The quantitative estimate of drug-likeness (QED) is 0.756. The monoisotopic (exact) mass is 429 g/mol. The fourth-order valence-electron chi connectivity index (χ4n) is 4.53.